The summed E-state index contributed by atoms with van der Waals surface area (Å²) in [5.74, 6) is 0. The van der Waals surface area contributed by atoms with E-state index in [1.54, 1.807) is 0 Å². The van der Waals surface area contributed by atoms with Crippen LogP contribution in [0.2, 0.25) is 0 Å². The summed E-state index contributed by atoms with van der Waals surface area (Å²) < 4.78 is 9.92. The van der Waals surface area contributed by atoms with E-state index in [0.29, 0.717) is 13.2 Å². The summed E-state index contributed by atoms with van der Waals surface area (Å²) in [6.45, 7) is 5.30. The third-order valence-electron chi connectivity index (χ3n) is 1.52. The first kappa shape index (κ1) is 16.2. The average molecular weight is 295 g/mol. The Bertz CT molecular complexity index is 85.5. The molecule has 0 atom stereocenters. The molecular weight excluding hydrogens is 274 g/mol. The van der Waals surface area contributed by atoms with E-state index in [4.69, 9.17) is 14.3 Å². The van der Waals surface area contributed by atoms with Crippen molar-refractivity contribution < 1.29 is 14.3 Å². The van der Waals surface area contributed by atoms with Gasteiger partial charge in [-0.25, -0.2) is 0 Å². The summed E-state index contributed by atoms with van der Waals surface area (Å²) in [5.41, 5.74) is 0. The van der Waals surface area contributed by atoms with E-state index in [-0.39, 0.29) is 23.9 Å². The molecule has 78 valence electrons. The molecule has 0 bridgehead atoms. The quantitative estimate of drug-likeness (QED) is 0.529. The molecule has 0 aromatic heterocycles. The van der Waals surface area contributed by atoms with Crippen molar-refractivity contribution in [2.45, 2.75) is 39.5 Å². The molecule has 0 aliphatic rings. The van der Waals surface area contributed by atoms with E-state index < -0.39 is 7.32 Å². The third-order valence-corrected chi connectivity index (χ3v) is 1.52. The number of rotatable bonds is 8. The monoisotopic (exact) mass is 296 g/mol. The van der Waals surface area contributed by atoms with Gasteiger partial charge in [-0.3, -0.25) is 0 Å². The predicted octanol–water partition coefficient (Wildman–Crippen LogP) is 0.681. The van der Waals surface area contributed by atoms with Crippen LogP contribution in [0.3, 0.4) is 0 Å². The Balaban J connectivity index is 0. The van der Waals surface area contributed by atoms with Crippen LogP contribution >= 0.6 is 0 Å². The molecule has 0 fully saturated rings. The molecule has 0 unspecified atom stereocenters. The molecule has 3 nitrogen and oxygen atoms in total. The second-order valence-electron chi connectivity index (χ2n) is 2.76. The molecule has 0 saturated carbocycles. The zero-order chi connectivity index (χ0) is 9.23. The van der Waals surface area contributed by atoms with Crippen molar-refractivity contribution in [2.75, 3.05) is 13.2 Å². The van der Waals surface area contributed by atoms with Gasteiger partial charge in [0.05, 0.1) is 0 Å². The van der Waals surface area contributed by atoms with Crippen molar-refractivity contribution in [1.29, 1.82) is 0 Å². The predicted molar refractivity (Wildman–Crippen MR) is 58.2 cm³/mol. The molecule has 0 aliphatic carbocycles. The van der Waals surface area contributed by atoms with Crippen LogP contribution in [0.1, 0.15) is 39.5 Å². The minimum atomic E-state index is -1.02. The van der Waals surface area contributed by atoms with Gasteiger partial charge in [-0.1, -0.05) is 26.7 Å². The Hall–Kier alpha value is 0.744. The first-order chi connectivity index (χ1) is 5.81. The van der Waals surface area contributed by atoms with Crippen LogP contribution in [0.4, 0.5) is 0 Å². The first-order valence-corrected chi connectivity index (χ1v) is 4.72. The zero-order valence-corrected chi connectivity index (χ0v) is 12.8. The fourth-order valence-electron chi connectivity index (χ4n) is 0.705. The molecule has 0 saturated heterocycles. The van der Waals surface area contributed by atoms with E-state index in [1.807, 2.05) is 0 Å². The van der Waals surface area contributed by atoms with Crippen LogP contribution in [0.5, 0.6) is 0 Å². The van der Waals surface area contributed by atoms with E-state index in [9.17, 15) is 0 Å². The zero-order valence-electron chi connectivity index (χ0n) is 8.79. The van der Waals surface area contributed by atoms with E-state index in [1.165, 1.54) is 0 Å². The number of hydrogen-bond acceptors (Lipinski definition) is 3. The minimum absolute atomic E-state index is 0. The fraction of sp³-hybridized carbons (Fsp3) is 1.00. The van der Waals surface area contributed by atoms with Crippen molar-refractivity contribution >= 4 is 31.2 Å². The topological polar surface area (TPSA) is 38.7 Å². The van der Waals surface area contributed by atoms with Gasteiger partial charge >= 0.3 is 31.2 Å². The van der Waals surface area contributed by atoms with E-state index >= 15 is 0 Å². The Kier molecular flexibility index (Phi) is 15.9. The first-order valence-electron chi connectivity index (χ1n) is 4.72. The Morgan fingerprint density at radius 2 is 1.38 bits per heavy atom. The summed E-state index contributed by atoms with van der Waals surface area (Å²) >= 11 is 0. The van der Waals surface area contributed by atoms with Gasteiger partial charge < -0.3 is 14.3 Å². The van der Waals surface area contributed by atoms with Gasteiger partial charge in [0.1, 0.15) is 0 Å². The van der Waals surface area contributed by atoms with Gasteiger partial charge in [-0.05, 0) is 12.8 Å². The number of hydrogen-bond donors (Lipinski definition) is 1. The van der Waals surface area contributed by atoms with E-state index in [0.717, 1.165) is 25.7 Å². The molecule has 0 heterocycles. The molecule has 0 spiro atoms. The van der Waals surface area contributed by atoms with Gasteiger partial charge in [0.2, 0.25) is 0 Å². The Labute approximate surface area is 98.3 Å². The van der Waals surface area contributed by atoms with Gasteiger partial charge in [-0.15, -0.1) is 0 Å². The van der Waals surface area contributed by atoms with Gasteiger partial charge in [0.25, 0.3) is 0 Å². The molecule has 2 radical (unpaired) electrons. The van der Waals surface area contributed by atoms with Crippen LogP contribution in [0.25, 0.3) is 0 Å². The SMILES string of the molecule is CCCCOB(O)OCCCC.[SnH2]. The molecule has 5 heteroatoms. The summed E-state index contributed by atoms with van der Waals surface area (Å²) in [6.07, 6.45) is 4.08. The van der Waals surface area contributed by atoms with Crippen LogP contribution in [-0.4, -0.2) is 49.5 Å². The molecule has 0 rings (SSSR count). The normalized spacial score (nSPS) is 9.46. The molecule has 0 aromatic carbocycles. The van der Waals surface area contributed by atoms with Crippen LogP contribution < -0.4 is 0 Å². The fourth-order valence-corrected chi connectivity index (χ4v) is 0.705. The van der Waals surface area contributed by atoms with E-state index in [2.05, 4.69) is 13.8 Å². The average Bonchev–Trinajstić information content (AvgIpc) is 2.06. The van der Waals surface area contributed by atoms with Gasteiger partial charge in [0, 0.05) is 13.2 Å². The second kappa shape index (κ2) is 12.7. The Morgan fingerprint density at radius 1 is 1.00 bits per heavy atom. The van der Waals surface area contributed by atoms with Crippen molar-refractivity contribution in [3.05, 3.63) is 0 Å². The molecule has 0 aliphatic heterocycles. The molecule has 13 heavy (non-hydrogen) atoms. The van der Waals surface area contributed by atoms with Crippen molar-refractivity contribution in [3.63, 3.8) is 0 Å². The Morgan fingerprint density at radius 3 is 1.69 bits per heavy atom. The summed E-state index contributed by atoms with van der Waals surface area (Å²) in [6, 6.07) is 0. The number of unbranched alkanes of at least 4 members (excludes halogenated alkanes) is 2. The molecule has 1 N–H and O–H groups in total. The third kappa shape index (κ3) is 12.7. The second-order valence-corrected chi connectivity index (χ2v) is 2.76. The maximum atomic E-state index is 9.06. The molecule has 0 aromatic rings. The van der Waals surface area contributed by atoms with Crippen LogP contribution in [0.15, 0.2) is 0 Å². The maximum absolute atomic E-state index is 9.06. The van der Waals surface area contributed by atoms with Crippen LogP contribution in [-0.2, 0) is 9.31 Å². The van der Waals surface area contributed by atoms with Crippen molar-refractivity contribution in [3.8, 4) is 0 Å². The molecule has 0 amide bonds. The summed E-state index contributed by atoms with van der Waals surface area (Å²) in [4.78, 5) is 0. The standard InChI is InChI=1S/C8H19BO3.Sn.2H/c1-3-5-7-11-9(10)12-8-6-4-2;;;/h10H,3-8H2,1-2H3;;;. The summed E-state index contributed by atoms with van der Waals surface area (Å²) in [5, 5.41) is 9.06. The van der Waals surface area contributed by atoms with Gasteiger partial charge in [-0.2, -0.15) is 0 Å². The van der Waals surface area contributed by atoms with Crippen LogP contribution in [0, 0.1) is 0 Å². The van der Waals surface area contributed by atoms with Crippen molar-refractivity contribution in [2.24, 2.45) is 0 Å². The van der Waals surface area contributed by atoms with Crippen molar-refractivity contribution in [1.82, 2.24) is 0 Å². The summed E-state index contributed by atoms with van der Waals surface area (Å²) in [7, 11) is -1.02. The molecular formula is C8H21BO3Sn. The van der Waals surface area contributed by atoms with Gasteiger partial charge in [0.15, 0.2) is 0 Å².